The Hall–Kier alpha value is -3.41. The van der Waals surface area contributed by atoms with Crippen LogP contribution in [0.15, 0.2) is 58.0 Å². The van der Waals surface area contributed by atoms with Crippen molar-refractivity contribution in [2.45, 2.75) is 24.7 Å². The molecule has 0 saturated carbocycles. The highest BCUT2D eigenvalue weighted by molar-refractivity contribution is 7.11. The second-order valence-electron chi connectivity index (χ2n) is 8.01. The van der Waals surface area contributed by atoms with Crippen molar-refractivity contribution >= 4 is 34.3 Å². The first-order valence-corrected chi connectivity index (χ1v) is 11.5. The number of azide groups is 1. The minimum Gasteiger partial charge on any atom is -0.324 e. The molecule has 14 heteroatoms. The average molecular weight is 523 g/mol. The maximum absolute atomic E-state index is 15.9. The molecule has 3 aromatic rings. The molecule has 2 aliphatic rings. The Kier molecular flexibility index (Phi) is 5.99. The summed E-state index contributed by atoms with van der Waals surface area (Å²) in [5.41, 5.74) is 8.32. The van der Waals surface area contributed by atoms with E-state index in [9.17, 15) is 13.2 Å². The van der Waals surface area contributed by atoms with Gasteiger partial charge in [0.25, 0.3) is 0 Å². The van der Waals surface area contributed by atoms with Crippen LogP contribution in [-0.4, -0.2) is 44.3 Å². The van der Waals surface area contributed by atoms with E-state index >= 15 is 4.39 Å². The van der Waals surface area contributed by atoms with Crippen LogP contribution in [0.5, 0.6) is 0 Å². The van der Waals surface area contributed by atoms with Crippen molar-refractivity contribution in [2.24, 2.45) is 10.1 Å². The van der Waals surface area contributed by atoms with Gasteiger partial charge in [0.15, 0.2) is 10.8 Å². The van der Waals surface area contributed by atoms with Gasteiger partial charge in [-0.2, -0.15) is 13.9 Å². The molecule has 2 aromatic heterocycles. The summed E-state index contributed by atoms with van der Waals surface area (Å²) in [6.07, 6.45) is 3.78. The predicted molar refractivity (Wildman–Crippen MR) is 122 cm³/mol. The van der Waals surface area contributed by atoms with Crippen molar-refractivity contribution in [1.29, 1.82) is 0 Å². The van der Waals surface area contributed by atoms with Crippen LogP contribution in [0.2, 0.25) is 5.02 Å². The third-order valence-corrected chi connectivity index (χ3v) is 6.85. The Morgan fingerprint density at radius 2 is 2.20 bits per heavy atom. The molecular weight excluding hydrogens is 508 g/mol. The van der Waals surface area contributed by atoms with Crippen LogP contribution < -0.4 is 0 Å². The number of benzene rings is 1. The van der Waals surface area contributed by atoms with E-state index in [0.717, 1.165) is 12.3 Å². The molecule has 0 spiro atoms. The SMILES string of the molecule is [N-]=[N+]=NCC1(F)CC2=C(c3cnn(C(F)F)c3)[C@H](c3ccc(F)cc3Cl)N=C(c3nccs3)N2C1. The third-order valence-electron chi connectivity index (χ3n) is 5.75. The Bertz CT molecular complexity index is 1380. The van der Waals surface area contributed by atoms with E-state index < -0.39 is 30.6 Å². The minimum atomic E-state index is -2.88. The minimum absolute atomic E-state index is 0.0728. The van der Waals surface area contributed by atoms with Gasteiger partial charge in [-0.05, 0) is 23.2 Å². The van der Waals surface area contributed by atoms with Gasteiger partial charge in [-0.3, -0.25) is 4.99 Å². The average Bonchev–Trinajstić information content (AvgIpc) is 3.57. The van der Waals surface area contributed by atoms with Gasteiger partial charge in [-0.25, -0.2) is 18.4 Å². The Labute approximate surface area is 204 Å². The summed E-state index contributed by atoms with van der Waals surface area (Å²) in [6, 6.07) is 2.91. The molecule has 5 rings (SSSR count). The molecule has 1 fully saturated rings. The number of amidine groups is 1. The zero-order valence-corrected chi connectivity index (χ0v) is 19.3. The highest BCUT2D eigenvalue weighted by Crippen LogP contribution is 2.49. The summed E-state index contributed by atoms with van der Waals surface area (Å²) in [5, 5.41) is 9.46. The van der Waals surface area contributed by atoms with Gasteiger partial charge in [0.05, 0.1) is 19.3 Å². The van der Waals surface area contributed by atoms with Gasteiger partial charge in [0, 0.05) is 51.0 Å². The summed E-state index contributed by atoms with van der Waals surface area (Å²) < 4.78 is 56.8. The molecule has 180 valence electrons. The van der Waals surface area contributed by atoms with Crippen molar-refractivity contribution in [3.63, 3.8) is 0 Å². The number of rotatable bonds is 6. The predicted octanol–water partition coefficient (Wildman–Crippen LogP) is 6.16. The Morgan fingerprint density at radius 3 is 2.86 bits per heavy atom. The molecule has 8 nitrogen and oxygen atoms in total. The van der Waals surface area contributed by atoms with E-state index in [1.807, 2.05) is 0 Å². The fourth-order valence-corrected chi connectivity index (χ4v) is 5.22. The van der Waals surface area contributed by atoms with Gasteiger partial charge in [-0.15, -0.1) is 11.3 Å². The lowest BCUT2D eigenvalue weighted by Crippen LogP contribution is -2.37. The van der Waals surface area contributed by atoms with E-state index in [1.54, 1.807) is 16.5 Å². The van der Waals surface area contributed by atoms with E-state index in [0.29, 0.717) is 32.4 Å². The van der Waals surface area contributed by atoms with Gasteiger partial charge in [0.2, 0.25) is 0 Å². The van der Waals surface area contributed by atoms with Gasteiger partial charge < -0.3 is 4.90 Å². The highest BCUT2D eigenvalue weighted by atomic mass is 35.5. The zero-order chi connectivity index (χ0) is 24.7. The van der Waals surface area contributed by atoms with E-state index in [-0.39, 0.29) is 23.6 Å². The molecule has 1 unspecified atom stereocenters. The third kappa shape index (κ3) is 4.26. The van der Waals surface area contributed by atoms with Crippen LogP contribution in [0, 0.1) is 5.82 Å². The number of hydrogen-bond donors (Lipinski definition) is 0. The van der Waals surface area contributed by atoms with Gasteiger partial charge in [0.1, 0.15) is 17.5 Å². The van der Waals surface area contributed by atoms with Crippen LogP contribution in [0.3, 0.4) is 0 Å². The number of fused-ring (bicyclic) bond motifs is 1. The molecule has 0 aliphatic carbocycles. The number of hydrogen-bond acceptors (Lipinski definition) is 6. The van der Waals surface area contributed by atoms with Crippen LogP contribution in [-0.2, 0) is 0 Å². The highest BCUT2D eigenvalue weighted by Gasteiger charge is 2.48. The number of alkyl halides is 3. The summed E-state index contributed by atoms with van der Waals surface area (Å²) >= 11 is 7.67. The second-order valence-corrected chi connectivity index (χ2v) is 9.31. The Balaban J connectivity index is 1.75. The molecule has 1 saturated heterocycles. The normalized spacial score (nSPS) is 21.8. The first-order chi connectivity index (χ1) is 16.8. The molecule has 0 N–H and O–H groups in total. The summed E-state index contributed by atoms with van der Waals surface area (Å²) in [7, 11) is 0. The quantitative estimate of drug-likeness (QED) is 0.168. The lowest BCUT2D eigenvalue weighted by Gasteiger charge is -2.32. The zero-order valence-electron chi connectivity index (χ0n) is 17.7. The van der Waals surface area contributed by atoms with E-state index in [4.69, 9.17) is 22.1 Å². The maximum Gasteiger partial charge on any atom is 0.333 e. The molecule has 1 aromatic carbocycles. The summed E-state index contributed by atoms with van der Waals surface area (Å²) in [4.78, 5) is 13.4. The lowest BCUT2D eigenvalue weighted by molar-refractivity contribution is 0.0566. The number of nitrogens with zero attached hydrogens (tertiary/aromatic N) is 8. The van der Waals surface area contributed by atoms with Crippen molar-refractivity contribution in [1.82, 2.24) is 19.7 Å². The largest absolute Gasteiger partial charge is 0.333 e. The second kappa shape index (κ2) is 8.99. The number of halogens is 5. The molecule has 0 amide bonds. The van der Waals surface area contributed by atoms with Crippen molar-refractivity contribution in [3.8, 4) is 0 Å². The molecule has 35 heavy (non-hydrogen) atoms. The van der Waals surface area contributed by atoms with E-state index in [2.05, 4.69) is 20.1 Å². The number of allylic oxidation sites excluding steroid dienone is 1. The molecule has 4 heterocycles. The Morgan fingerprint density at radius 1 is 1.37 bits per heavy atom. The molecule has 2 atom stereocenters. The van der Waals surface area contributed by atoms with Crippen LogP contribution in [0.1, 0.15) is 35.1 Å². The smallest absolute Gasteiger partial charge is 0.324 e. The number of thiazole rings is 1. The van der Waals surface area contributed by atoms with Crippen molar-refractivity contribution in [3.05, 3.63) is 85.3 Å². The molecular formula is C21H15ClF4N8S. The number of aliphatic imine (C=N–C) groups is 1. The van der Waals surface area contributed by atoms with E-state index in [1.165, 1.54) is 29.7 Å². The lowest BCUT2D eigenvalue weighted by atomic mass is 9.90. The standard InChI is InChI=1S/C21H15ClF4N8S/c22-14-5-12(23)1-2-13(14)17-16(11-7-30-34(8-11)20(24)25)15-6-21(26,9-29-32-27)10-33(15)18(31-17)19-28-3-4-35-19/h1-5,7-8,17,20H,6,9-10H2/t17-,21?/m0/s1. The number of aromatic nitrogens is 3. The fraction of sp³-hybridized carbons (Fsp3) is 0.286. The molecule has 0 radical (unpaired) electrons. The fourth-order valence-electron chi connectivity index (χ4n) is 4.31. The van der Waals surface area contributed by atoms with Crippen LogP contribution in [0.25, 0.3) is 16.0 Å². The topological polar surface area (TPSA) is 95.1 Å². The first-order valence-electron chi connectivity index (χ1n) is 10.3. The summed E-state index contributed by atoms with van der Waals surface area (Å²) in [5.74, 6) is -0.205. The van der Waals surface area contributed by atoms with Gasteiger partial charge >= 0.3 is 6.55 Å². The first kappa shape index (κ1) is 23.3. The van der Waals surface area contributed by atoms with Gasteiger partial charge in [-0.1, -0.05) is 22.8 Å². The van der Waals surface area contributed by atoms with Crippen LogP contribution in [0.4, 0.5) is 17.6 Å². The monoisotopic (exact) mass is 522 g/mol. The van der Waals surface area contributed by atoms with Crippen molar-refractivity contribution < 1.29 is 17.6 Å². The summed E-state index contributed by atoms with van der Waals surface area (Å²) in [6.45, 7) is -3.50. The maximum atomic E-state index is 15.9. The molecule has 0 bridgehead atoms. The molecule has 2 aliphatic heterocycles. The van der Waals surface area contributed by atoms with Crippen molar-refractivity contribution in [2.75, 3.05) is 13.1 Å². The van der Waals surface area contributed by atoms with Crippen LogP contribution >= 0.6 is 22.9 Å².